The van der Waals surface area contributed by atoms with E-state index in [0.717, 1.165) is 17.6 Å². The van der Waals surface area contributed by atoms with Crippen molar-refractivity contribution in [3.8, 4) is 0 Å². The summed E-state index contributed by atoms with van der Waals surface area (Å²) >= 11 is 1.10. The number of hydrogen-bond donors (Lipinski definition) is 1. The molecule has 4 nitrogen and oxygen atoms in total. The van der Waals surface area contributed by atoms with E-state index in [0.29, 0.717) is 21.8 Å². The lowest BCUT2D eigenvalue weighted by Gasteiger charge is -2.08. The third-order valence-electron chi connectivity index (χ3n) is 2.80. The largest absolute Gasteiger partial charge is 0.462 e. The van der Waals surface area contributed by atoms with Crippen molar-refractivity contribution in [3.63, 3.8) is 0 Å². The maximum Gasteiger partial charge on any atom is 0.343 e. The van der Waals surface area contributed by atoms with Crippen LogP contribution in [-0.2, 0) is 11.3 Å². The van der Waals surface area contributed by atoms with E-state index in [4.69, 9.17) is 4.74 Å². The van der Waals surface area contributed by atoms with Crippen molar-refractivity contribution in [1.29, 1.82) is 0 Å². The lowest BCUT2D eigenvalue weighted by Crippen LogP contribution is -2.09. The van der Waals surface area contributed by atoms with E-state index in [-0.39, 0.29) is 13.2 Å². The molecule has 2 rings (SSSR count). The van der Waals surface area contributed by atoms with Crippen LogP contribution in [0.5, 0.6) is 0 Å². The number of aryl methyl sites for hydroxylation is 1. The number of carbonyl (C=O) groups excluding carboxylic acids is 1. The zero-order chi connectivity index (χ0) is 15.4. The molecule has 2 aromatic rings. The smallest absolute Gasteiger partial charge is 0.343 e. The molecule has 1 N–H and O–H groups in total. The summed E-state index contributed by atoms with van der Waals surface area (Å²) < 4.78 is 35.5. The molecule has 0 aliphatic rings. The van der Waals surface area contributed by atoms with Gasteiger partial charge in [-0.05, 0) is 31.4 Å². The van der Waals surface area contributed by atoms with Crippen LogP contribution in [0.4, 0.5) is 13.8 Å². The molecule has 1 aromatic heterocycles. The minimum absolute atomic E-state index is 0.125. The zero-order valence-electron chi connectivity index (χ0n) is 11.6. The quantitative estimate of drug-likeness (QED) is 0.858. The summed E-state index contributed by atoms with van der Waals surface area (Å²) in [7, 11) is 0. The number of benzene rings is 1. The van der Waals surface area contributed by atoms with Gasteiger partial charge in [0.05, 0.1) is 12.3 Å². The van der Waals surface area contributed by atoms with Crippen LogP contribution in [0.1, 0.15) is 28.5 Å². The van der Waals surface area contributed by atoms with Gasteiger partial charge in [0.25, 0.3) is 0 Å². The van der Waals surface area contributed by atoms with E-state index >= 15 is 0 Å². The molecule has 0 atom stereocenters. The fourth-order valence-corrected chi connectivity index (χ4v) is 2.55. The Morgan fingerprint density at radius 1 is 1.43 bits per heavy atom. The zero-order valence-corrected chi connectivity index (χ0v) is 12.4. The number of aromatic nitrogens is 1. The average Bonchev–Trinajstić information content (AvgIpc) is 2.79. The SMILES string of the molecule is CCOC(=O)c1c(C)nsc1NCc1ccc(F)cc1F. The maximum absolute atomic E-state index is 13.6. The van der Waals surface area contributed by atoms with Crippen LogP contribution in [-0.4, -0.2) is 16.9 Å². The van der Waals surface area contributed by atoms with Gasteiger partial charge in [-0.3, -0.25) is 0 Å². The van der Waals surface area contributed by atoms with Crippen LogP contribution >= 0.6 is 11.5 Å². The number of hydrogen-bond acceptors (Lipinski definition) is 5. The van der Waals surface area contributed by atoms with E-state index in [1.54, 1.807) is 13.8 Å². The first-order valence-electron chi connectivity index (χ1n) is 6.34. The van der Waals surface area contributed by atoms with Crippen molar-refractivity contribution in [3.05, 3.63) is 46.7 Å². The molecule has 0 unspecified atom stereocenters. The molecule has 1 aromatic carbocycles. The number of rotatable bonds is 5. The van der Waals surface area contributed by atoms with Crippen LogP contribution < -0.4 is 5.32 Å². The third-order valence-corrected chi connectivity index (χ3v) is 3.69. The summed E-state index contributed by atoms with van der Waals surface area (Å²) in [6, 6.07) is 3.36. The lowest BCUT2D eigenvalue weighted by molar-refractivity contribution is 0.0527. The first-order chi connectivity index (χ1) is 10.0. The monoisotopic (exact) mass is 312 g/mol. The molecule has 0 radical (unpaired) electrons. The fourth-order valence-electron chi connectivity index (χ4n) is 1.77. The normalized spacial score (nSPS) is 10.5. The molecule has 1 heterocycles. The molecule has 0 bridgehead atoms. The van der Waals surface area contributed by atoms with Gasteiger partial charge in [-0.1, -0.05) is 6.07 Å². The molecule has 0 saturated carbocycles. The number of nitrogens with zero attached hydrogens (tertiary/aromatic N) is 1. The Hall–Kier alpha value is -2.02. The van der Waals surface area contributed by atoms with Crippen molar-refractivity contribution in [2.75, 3.05) is 11.9 Å². The van der Waals surface area contributed by atoms with Crippen molar-refractivity contribution in [2.24, 2.45) is 0 Å². The number of carbonyl (C=O) groups is 1. The molecule has 0 aliphatic heterocycles. The standard InChI is InChI=1S/C14H14F2N2O2S/c1-3-20-14(19)12-8(2)18-21-13(12)17-7-9-4-5-10(15)6-11(9)16/h4-6,17H,3,7H2,1-2H3. The van der Waals surface area contributed by atoms with Crippen molar-refractivity contribution in [1.82, 2.24) is 4.37 Å². The summed E-state index contributed by atoms with van der Waals surface area (Å²) in [5, 5.41) is 3.45. The fraction of sp³-hybridized carbons (Fsp3) is 0.286. The summed E-state index contributed by atoms with van der Waals surface area (Å²) in [4.78, 5) is 11.9. The summed E-state index contributed by atoms with van der Waals surface area (Å²) in [5.41, 5.74) is 1.21. The van der Waals surface area contributed by atoms with Crippen molar-refractivity contribution < 1.29 is 18.3 Å². The minimum Gasteiger partial charge on any atom is -0.462 e. The first kappa shape index (κ1) is 15.4. The second kappa shape index (κ2) is 6.62. The molecular formula is C14H14F2N2O2S. The Kier molecular flexibility index (Phi) is 4.85. The van der Waals surface area contributed by atoms with Gasteiger partial charge in [0.15, 0.2) is 0 Å². The van der Waals surface area contributed by atoms with E-state index in [1.165, 1.54) is 12.1 Å². The van der Waals surface area contributed by atoms with E-state index in [2.05, 4.69) is 9.69 Å². The molecule has 0 saturated heterocycles. The van der Waals surface area contributed by atoms with E-state index in [9.17, 15) is 13.6 Å². The summed E-state index contributed by atoms with van der Waals surface area (Å²) in [6.07, 6.45) is 0. The number of ether oxygens (including phenoxy) is 1. The highest BCUT2D eigenvalue weighted by Gasteiger charge is 2.19. The predicted octanol–water partition coefficient (Wildman–Crippen LogP) is 3.52. The minimum atomic E-state index is -0.638. The van der Waals surface area contributed by atoms with Gasteiger partial charge in [0, 0.05) is 18.2 Å². The molecular weight excluding hydrogens is 298 g/mol. The highest BCUT2D eigenvalue weighted by Crippen LogP contribution is 2.26. The number of halogens is 2. The van der Waals surface area contributed by atoms with Gasteiger partial charge >= 0.3 is 5.97 Å². The van der Waals surface area contributed by atoms with Crippen LogP contribution in [0, 0.1) is 18.6 Å². The number of nitrogens with one attached hydrogen (secondary N) is 1. The number of esters is 1. The molecule has 21 heavy (non-hydrogen) atoms. The molecule has 0 spiro atoms. The predicted molar refractivity (Wildman–Crippen MR) is 76.5 cm³/mol. The molecule has 112 valence electrons. The van der Waals surface area contributed by atoms with Gasteiger partial charge < -0.3 is 10.1 Å². The Morgan fingerprint density at radius 2 is 2.19 bits per heavy atom. The summed E-state index contributed by atoms with van der Waals surface area (Å²) in [6.45, 7) is 3.81. The Labute approximate surface area is 124 Å². The van der Waals surface area contributed by atoms with Gasteiger partial charge in [0.1, 0.15) is 22.2 Å². The van der Waals surface area contributed by atoms with Gasteiger partial charge in [0.2, 0.25) is 0 Å². The molecule has 0 amide bonds. The van der Waals surface area contributed by atoms with Crippen LogP contribution in [0.15, 0.2) is 18.2 Å². The van der Waals surface area contributed by atoms with Gasteiger partial charge in [-0.25, -0.2) is 13.6 Å². The summed E-state index contributed by atoms with van der Waals surface area (Å²) in [5.74, 6) is -1.73. The Morgan fingerprint density at radius 3 is 2.86 bits per heavy atom. The third kappa shape index (κ3) is 3.55. The van der Waals surface area contributed by atoms with Crippen LogP contribution in [0.25, 0.3) is 0 Å². The molecule has 7 heteroatoms. The first-order valence-corrected chi connectivity index (χ1v) is 7.11. The second-order valence-electron chi connectivity index (χ2n) is 4.28. The van der Waals surface area contributed by atoms with Crippen LogP contribution in [0.3, 0.4) is 0 Å². The Bertz CT molecular complexity index is 658. The maximum atomic E-state index is 13.6. The lowest BCUT2D eigenvalue weighted by atomic mass is 10.2. The van der Waals surface area contributed by atoms with E-state index in [1.807, 2.05) is 0 Å². The second-order valence-corrected chi connectivity index (χ2v) is 5.06. The van der Waals surface area contributed by atoms with E-state index < -0.39 is 17.6 Å². The highest BCUT2D eigenvalue weighted by molar-refractivity contribution is 7.10. The van der Waals surface area contributed by atoms with Gasteiger partial charge in [-0.15, -0.1) is 0 Å². The van der Waals surface area contributed by atoms with Crippen molar-refractivity contribution in [2.45, 2.75) is 20.4 Å². The number of anilines is 1. The topological polar surface area (TPSA) is 51.2 Å². The molecule has 0 aliphatic carbocycles. The van der Waals surface area contributed by atoms with Crippen molar-refractivity contribution >= 4 is 22.5 Å². The van der Waals surface area contributed by atoms with Gasteiger partial charge in [-0.2, -0.15) is 4.37 Å². The highest BCUT2D eigenvalue weighted by atomic mass is 32.1. The average molecular weight is 312 g/mol. The van der Waals surface area contributed by atoms with Crippen LogP contribution in [0.2, 0.25) is 0 Å². The molecule has 0 fully saturated rings. The Balaban J connectivity index is 2.15.